The Kier molecular flexibility index (Phi) is 6.85. The number of nitrogens with zero attached hydrogens (tertiary/aromatic N) is 4. The second kappa shape index (κ2) is 9.74. The lowest BCUT2D eigenvalue weighted by molar-refractivity contribution is -0.113. The molecule has 9 heteroatoms. The summed E-state index contributed by atoms with van der Waals surface area (Å²) in [6.07, 6.45) is 0.747. The minimum Gasteiger partial charge on any atom is -0.334 e. The number of amides is 1. The number of anilines is 2. The molecule has 0 aliphatic carbocycles. The average molecular weight is 410 g/mol. The number of nitrogens with two attached hydrogens (primary N) is 1. The van der Waals surface area contributed by atoms with Gasteiger partial charge in [0.15, 0.2) is 0 Å². The summed E-state index contributed by atoms with van der Waals surface area (Å²) < 4.78 is 1.28. The van der Waals surface area contributed by atoms with Gasteiger partial charge in [0.2, 0.25) is 11.1 Å². The molecule has 8 nitrogen and oxygen atoms in total. The van der Waals surface area contributed by atoms with Crippen LogP contribution in [0, 0.1) is 6.92 Å². The van der Waals surface area contributed by atoms with E-state index in [1.807, 2.05) is 68.4 Å². The van der Waals surface area contributed by atoms with Crippen molar-refractivity contribution in [3.63, 3.8) is 0 Å². The van der Waals surface area contributed by atoms with Crippen molar-refractivity contribution in [2.24, 2.45) is 5.10 Å². The van der Waals surface area contributed by atoms with Gasteiger partial charge < -0.3 is 11.2 Å². The van der Waals surface area contributed by atoms with E-state index in [2.05, 4.69) is 26.0 Å². The lowest BCUT2D eigenvalue weighted by Gasteiger charge is -2.06. The van der Waals surface area contributed by atoms with E-state index in [1.165, 1.54) is 16.4 Å². The summed E-state index contributed by atoms with van der Waals surface area (Å²) in [7, 11) is 0. The number of hydrogen-bond donors (Lipinski definition) is 3. The van der Waals surface area contributed by atoms with Gasteiger partial charge in [-0.15, -0.1) is 10.2 Å². The lowest BCUT2D eigenvalue weighted by Crippen LogP contribution is -2.17. The second-order valence-corrected chi connectivity index (χ2v) is 7.21. The van der Waals surface area contributed by atoms with Crippen LogP contribution in [0.2, 0.25) is 0 Å². The van der Waals surface area contributed by atoms with Crippen molar-refractivity contribution in [1.82, 2.24) is 14.9 Å². The average Bonchev–Trinajstić information content (AvgIpc) is 3.09. The minimum absolute atomic E-state index is 0.147. The summed E-state index contributed by atoms with van der Waals surface area (Å²) in [4.78, 5) is 12.1. The van der Waals surface area contributed by atoms with Gasteiger partial charge in [-0.1, -0.05) is 66.7 Å². The Morgan fingerprint density at radius 3 is 2.55 bits per heavy atom. The van der Waals surface area contributed by atoms with Crippen molar-refractivity contribution < 1.29 is 4.79 Å². The fraction of sp³-hybridized carbons (Fsp3) is 0.200. The number of carbonyl (C=O) groups is 1. The van der Waals surface area contributed by atoms with E-state index >= 15 is 0 Å². The van der Waals surface area contributed by atoms with Crippen LogP contribution in [0.3, 0.4) is 0 Å². The first-order valence-electron chi connectivity index (χ1n) is 9.14. The summed E-state index contributed by atoms with van der Waals surface area (Å²) in [5.41, 5.74) is 6.63. The molecule has 3 rings (SSSR count). The van der Waals surface area contributed by atoms with Gasteiger partial charge in [-0.2, -0.15) is 5.10 Å². The molecule has 0 saturated carbocycles. The van der Waals surface area contributed by atoms with Gasteiger partial charge >= 0.3 is 0 Å². The van der Waals surface area contributed by atoms with Crippen LogP contribution in [0.1, 0.15) is 24.5 Å². The first kappa shape index (κ1) is 20.4. The van der Waals surface area contributed by atoms with Crippen molar-refractivity contribution in [1.29, 1.82) is 0 Å². The molecule has 0 fully saturated rings. The fourth-order valence-corrected chi connectivity index (χ4v) is 3.17. The molecule has 0 aliphatic heterocycles. The molecule has 0 bridgehead atoms. The Bertz CT molecular complexity index is 984. The van der Waals surface area contributed by atoms with Crippen molar-refractivity contribution in [2.75, 3.05) is 22.3 Å². The van der Waals surface area contributed by atoms with Crippen LogP contribution >= 0.6 is 11.8 Å². The Hall–Kier alpha value is -3.33. The first-order chi connectivity index (χ1) is 14.1. The Morgan fingerprint density at radius 2 is 1.86 bits per heavy atom. The van der Waals surface area contributed by atoms with Crippen LogP contribution in [0.15, 0.2) is 64.9 Å². The number of nitrogen functional groups attached to an aromatic ring is 1. The van der Waals surface area contributed by atoms with Gasteiger partial charge in [0.25, 0.3) is 5.95 Å². The highest BCUT2D eigenvalue weighted by atomic mass is 32.2. The zero-order valence-electron chi connectivity index (χ0n) is 16.3. The Balaban J connectivity index is 1.58. The third kappa shape index (κ3) is 5.58. The molecule has 0 atom stereocenters. The molecule has 4 N–H and O–H groups in total. The van der Waals surface area contributed by atoms with Crippen molar-refractivity contribution in [3.05, 3.63) is 65.7 Å². The van der Waals surface area contributed by atoms with Gasteiger partial charge in [-0.3, -0.25) is 4.79 Å². The number of rotatable bonds is 8. The lowest BCUT2D eigenvalue weighted by atomic mass is 10.1. The molecular weight excluding hydrogens is 386 g/mol. The minimum atomic E-state index is -0.147. The SMILES string of the molecule is CC/C(=N/Nc1nnc(SCC(=O)Nc2ccc(C)cc2)n1N)c1ccccc1. The van der Waals surface area contributed by atoms with Crippen LogP contribution in [0.25, 0.3) is 0 Å². The monoisotopic (exact) mass is 409 g/mol. The zero-order valence-corrected chi connectivity index (χ0v) is 17.1. The summed E-state index contributed by atoms with van der Waals surface area (Å²) >= 11 is 1.20. The quantitative estimate of drug-likeness (QED) is 0.228. The summed E-state index contributed by atoms with van der Waals surface area (Å²) in [5.74, 6) is 6.35. The molecule has 0 unspecified atom stereocenters. The van der Waals surface area contributed by atoms with Crippen molar-refractivity contribution in [3.8, 4) is 0 Å². The normalized spacial score (nSPS) is 11.3. The third-order valence-electron chi connectivity index (χ3n) is 4.06. The molecule has 0 aliphatic rings. The molecule has 0 saturated heterocycles. The molecule has 150 valence electrons. The Morgan fingerprint density at radius 1 is 1.14 bits per heavy atom. The molecule has 3 aromatic rings. The van der Waals surface area contributed by atoms with E-state index in [4.69, 9.17) is 5.84 Å². The number of aromatic nitrogens is 3. The number of benzene rings is 2. The molecule has 29 heavy (non-hydrogen) atoms. The number of hydrogen-bond acceptors (Lipinski definition) is 7. The Labute approximate surface area is 173 Å². The molecule has 0 spiro atoms. The maximum Gasteiger partial charge on any atom is 0.264 e. The summed E-state index contributed by atoms with van der Waals surface area (Å²) in [6.45, 7) is 4.02. The van der Waals surface area contributed by atoms with Gasteiger partial charge in [-0.05, 0) is 31.0 Å². The van der Waals surface area contributed by atoms with E-state index in [0.29, 0.717) is 11.1 Å². The topological polar surface area (TPSA) is 110 Å². The van der Waals surface area contributed by atoms with Crippen LogP contribution in [-0.2, 0) is 4.79 Å². The predicted molar refractivity (Wildman–Crippen MR) is 118 cm³/mol. The van der Waals surface area contributed by atoms with Gasteiger partial charge in [-0.25, -0.2) is 10.1 Å². The maximum absolute atomic E-state index is 12.1. The number of carbonyl (C=O) groups excluding carboxylic acids is 1. The highest BCUT2D eigenvalue weighted by Gasteiger charge is 2.12. The van der Waals surface area contributed by atoms with Gasteiger partial charge in [0.05, 0.1) is 11.5 Å². The van der Waals surface area contributed by atoms with Gasteiger partial charge in [0, 0.05) is 5.69 Å². The molecule has 1 heterocycles. The van der Waals surface area contributed by atoms with E-state index in [-0.39, 0.29) is 11.7 Å². The van der Waals surface area contributed by atoms with Crippen LogP contribution in [0.4, 0.5) is 11.6 Å². The van der Waals surface area contributed by atoms with Crippen molar-refractivity contribution >= 4 is 35.0 Å². The van der Waals surface area contributed by atoms with E-state index in [1.54, 1.807) is 0 Å². The fourth-order valence-electron chi connectivity index (χ4n) is 2.51. The summed E-state index contributed by atoms with van der Waals surface area (Å²) in [6, 6.07) is 17.5. The highest BCUT2D eigenvalue weighted by Crippen LogP contribution is 2.18. The van der Waals surface area contributed by atoms with E-state index in [9.17, 15) is 4.79 Å². The largest absolute Gasteiger partial charge is 0.334 e. The molecule has 0 radical (unpaired) electrons. The number of aryl methyl sites for hydroxylation is 1. The van der Waals surface area contributed by atoms with Crippen LogP contribution in [0.5, 0.6) is 0 Å². The van der Waals surface area contributed by atoms with E-state index in [0.717, 1.165) is 28.9 Å². The number of thioether (sulfide) groups is 1. The smallest absolute Gasteiger partial charge is 0.264 e. The zero-order chi connectivity index (χ0) is 20.6. The summed E-state index contributed by atoms with van der Waals surface area (Å²) in [5, 5.41) is 15.7. The highest BCUT2D eigenvalue weighted by molar-refractivity contribution is 7.99. The predicted octanol–water partition coefficient (Wildman–Crippen LogP) is 3.26. The maximum atomic E-state index is 12.1. The van der Waals surface area contributed by atoms with Crippen LogP contribution in [-0.4, -0.2) is 32.2 Å². The number of nitrogens with one attached hydrogen (secondary N) is 2. The first-order valence-corrected chi connectivity index (χ1v) is 10.1. The van der Waals surface area contributed by atoms with Gasteiger partial charge in [0.1, 0.15) is 0 Å². The molecule has 1 amide bonds. The molecule has 2 aromatic carbocycles. The van der Waals surface area contributed by atoms with E-state index < -0.39 is 0 Å². The number of hydrazone groups is 1. The standard InChI is InChI=1S/C20H23N7OS/c1-3-17(15-7-5-4-6-8-15)23-24-19-25-26-20(27(19)21)29-13-18(28)22-16-11-9-14(2)10-12-16/h4-12H,3,13,21H2,1-2H3,(H,22,28)(H,24,25)/b23-17-. The third-order valence-corrected chi connectivity index (χ3v) is 5.01. The molecule has 1 aromatic heterocycles. The molecular formula is C20H23N7OS. The second-order valence-electron chi connectivity index (χ2n) is 6.27. The van der Waals surface area contributed by atoms with Crippen LogP contribution < -0.4 is 16.6 Å². The van der Waals surface area contributed by atoms with Crippen molar-refractivity contribution in [2.45, 2.75) is 25.4 Å².